The number of carbonyl (C=O) groups excluding carboxylic acids is 1. The highest BCUT2D eigenvalue weighted by molar-refractivity contribution is 6.04. The van der Waals surface area contributed by atoms with Crippen LogP contribution in [-0.2, 0) is 19.9 Å². The lowest BCUT2D eigenvalue weighted by Crippen LogP contribution is -2.19. The molecule has 130 valence electrons. The van der Waals surface area contributed by atoms with Gasteiger partial charge in [0.1, 0.15) is 5.82 Å². The van der Waals surface area contributed by atoms with Gasteiger partial charge in [0.2, 0.25) is 0 Å². The molecule has 0 bridgehead atoms. The Morgan fingerprint density at radius 3 is 2.46 bits per heavy atom. The van der Waals surface area contributed by atoms with E-state index in [1.807, 2.05) is 38.2 Å². The van der Waals surface area contributed by atoms with Gasteiger partial charge in [0, 0.05) is 18.2 Å². The van der Waals surface area contributed by atoms with Crippen LogP contribution in [0.1, 0.15) is 54.4 Å². The van der Waals surface area contributed by atoms with Gasteiger partial charge in [0.15, 0.2) is 0 Å². The van der Waals surface area contributed by atoms with Gasteiger partial charge in [0.05, 0.1) is 11.3 Å². The molecule has 0 unspecified atom stereocenters. The van der Waals surface area contributed by atoms with Gasteiger partial charge in [-0.2, -0.15) is 5.10 Å². The molecule has 1 heterocycles. The van der Waals surface area contributed by atoms with E-state index in [0.29, 0.717) is 12.0 Å². The fraction of sp³-hybridized carbons (Fsp3) is 0.474. The first-order valence-corrected chi connectivity index (χ1v) is 8.36. The Hall–Kier alpha value is -2.14. The van der Waals surface area contributed by atoms with Crippen LogP contribution in [0.25, 0.3) is 0 Å². The van der Waals surface area contributed by atoms with Gasteiger partial charge >= 0.3 is 0 Å². The molecule has 0 aliphatic carbocycles. The Morgan fingerprint density at radius 2 is 1.92 bits per heavy atom. The molecule has 0 fully saturated rings. The molecule has 5 nitrogen and oxygen atoms in total. The summed E-state index contributed by atoms with van der Waals surface area (Å²) in [6, 6.07) is 7.53. The third-order valence-electron chi connectivity index (χ3n) is 4.17. The number of nitrogens with one attached hydrogen (secondary N) is 1. The predicted molar refractivity (Wildman–Crippen MR) is 96.3 cm³/mol. The van der Waals surface area contributed by atoms with Crippen molar-refractivity contribution in [3.63, 3.8) is 0 Å². The van der Waals surface area contributed by atoms with E-state index in [4.69, 9.17) is 0 Å². The van der Waals surface area contributed by atoms with Gasteiger partial charge in [0.25, 0.3) is 5.91 Å². The predicted octanol–water partition coefficient (Wildman–Crippen LogP) is 3.25. The smallest absolute Gasteiger partial charge is 0.256 e. The van der Waals surface area contributed by atoms with Crippen LogP contribution in [-0.4, -0.2) is 26.4 Å². The van der Waals surface area contributed by atoms with Crippen LogP contribution in [0.2, 0.25) is 0 Å². The second kappa shape index (κ2) is 7.18. The number of aromatic nitrogens is 2. The zero-order chi connectivity index (χ0) is 17.9. The van der Waals surface area contributed by atoms with E-state index in [-0.39, 0.29) is 5.91 Å². The lowest BCUT2D eigenvalue weighted by atomic mass is 9.98. The van der Waals surface area contributed by atoms with Crippen LogP contribution in [0.4, 0.5) is 5.82 Å². The quantitative estimate of drug-likeness (QED) is 0.855. The maximum atomic E-state index is 12.5. The summed E-state index contributed by atoms with van der Waals surface area (Å²) in [4.78, 5) is 12.5. The Balaban J connectivity index is 2.08. The van der Waals surface area contributed by atoms with Gasteiger partial charge in [-0.1, -0.05) is 19.1 Å². The number of rotatable bonds is 6. The van der Waals surface area contributed by atoms with Crippen LogP contribution >= 0.6 is 0 Å². The zero-order valence-corrected chi connectivity index (χ0v) is 15.2. The fourth-order valence-electron chi connectivity index (χ4n) is 2.73. The van der Waals surface area contributed by atoms with Gasteiger partial charge < -0.3 is 10.4 Å². The first kappa shape index (κ1) is 18.2. The molecule has 2 N–H and O–H groups in total. The van der Waals surface area contributed by atoms with Gasteiger partial charge in [-0.15, -0.1) is 0 Å². The third kappa shape index (κ3) is 4.45. The van der Waals surface area contributed by atoms with E-state index < -0.39 is 5.60 Å². The number of aryl methyl sites for hydroxylation is 3. The van der Waals surface area contributed by atoms with E-state index in [1.165, 1.54) is 0 Å². The average molecular weight is 329 g/mol. The monoisotopic (exact) mass is 329 g/mol. The van der Waals surface area contributed by atoms with Crippen molar-refractivity contribution in [2.24, 2.45) is 7.05 Å². The zero-order valence-electron chi connectivity index (χ0n) is 15.2. The Labute approximate surface area is 143 Å². The number of nitrogens with zero attached hydrogens (tertiary/aromatic N) is 2. The molecule has 0 spiro atoms. The standard InChI is InChI=1S/C19H27N3O2/c1-6-16-13(2)21-22(5)17(16)20-18(23)15-9-7-14(8-10-15)11-12-19(3,4)24/h7-10,24H,6,11-12H2,1-5H3,(H,20,23). The summed E-state index contributed by atoms with van der Waals surface area (Å²) < 4.78 is 1.71. The minimum absolute atomic E-state index is 0.137. The summed E-state index contributed by atoms with van der Waals surface area (Å²) >= 11 is 0. The van der Waals surface area contributed by atoms with Gasteiger partial charge in [-0.3, -0.25) is 9.48 Å². The maximum absolute atomic E-state index is 12.5. The summed E-state index contributed by atoms with van der Waals surface area (Å²) in [5.41, 5.74) is 3.05. The lowest BCUT2D eigenvalue weighted by Gasteiger charge is -2.16. The number of hydrogen-bond acceptors (Lipinski definition) is 3. The number of amides is 1. The van der Waals surface area contributed by atoms with Crippen molar-refractivity contribution < 1.29 is 9.90 Å². The lowest BCUT2D eigenvalue weighted by molar-refractivity contribution is 0.0714. The van der Waals surface area contributed by atoms with Crippen LogP contribution in [0, 0.1) is 6.92 Å². The average Bonchev–Trinajstić information content (AvgIpc) is 2.78. The molecule has 1 aromatic heterocycles. The first-order valence-electron chi connectivity index (χ1n) is 8.36. The van der Waals surface area contributed by atoms with Crippen LogP contribution in [0.3, 0.4) is 0 Å². The van der Waals surface area contributed by atoms with Crippen molar-refractivity contribution >= 4 is 11.7 Å². The molecule has 24 heavy (non-hydrogen) atoms. The summed E-state index contributed by atoms with van der Waals surface area (Å²) in [6.07, 6.45) is 2.30. The highest BCUT2D eigenvalue weighted by Crippen LogP contribution is 2.20. The molecule has 2 rings (SSSR count). The van der Waals surface area contributed by atoms with Crippen molar-refractivity contribution in [3.8, 4) is 0 Å². The summed E-state index contributed by atoms with van der Waals surface area (Å²) in [6.45, 7) is 7.61. The summed E-state index contributed by atoms with van der Waals surface area (Å²) in [5, 5.41) is 17.1. The van der Waals surface area contributed by atoms with Crippen molar-refractivity contribution in [3.05, 3.63) is 46.6 Å². The van der Waals surface area contributed by atoms with Crippen LogP contribution < -0.4 is 5.32 Å². The molecule has 1 aromatic carbocycles. The number of carbonyl (C=O) groups is 1. The van der Waals surface area contributed by atoms with E-state index in [9.17, 15) is 9.90 Å². The molecule has 1 amide bonds. The fourth-order valence-corrected chi connectivity index (χ4v) is 2.73. The Morgan fingerprint density at radius 1 is 1.29 bits per heavy atom. The topological polar surface area (TPSA) is 67.2 Å². The van der Waals surface area contributed by atoms with E-state index in [1.54, 1.807) is 18.5 Å². The second-order valence-electron chi connectivity index (χ2n) is 6.85. The molecule has 0 saturated carbocycles. The Kier molecular flexibility index (Phi) is 5.44. The molecule has 0 aliphatic rings. The van der Waals surface area contributed by atoms with E-state index in [2.05, 4.69) is 17.3 Å². The molecule has 5 heteroatoms. The van der Waals surface area contributed by atoms with E-state index in [0.717, 1.165) is 35.5 Å². The molecular weight excluding hydrogens is 302 g/mol. The van der Waals surface area contributed by atoms with Gasteiger partial charge in [-0.05, 0) is 57.7 Å². The van der Waals surface area contributed by atoms with Crippen molar-refractivity contribution in [1.29, 1.82) is 0 Å². The summed E-state index contributed by atoms with van der Waals surface area (Å²) in [5.74, 6) is 0.618. The third-order valence-corrected chi connectivity index (χ3v) is 4.17. The van der Waals surface area contributed by atoms with Crippen LogP contribution in [0.15, 0.2) is 24.3 Å². The highest BCUT2D eigenvalue weighted by atomic mass is 16.3. The normalized spacial score (nSPS) is 11.6. The Bertz CT molecular complexity index is 709. The SMILES string of the molecule is CCc1c(C)nn(C)c1NC(=O)c1ccc(CCC(C)(C)O)cc1. The highest BCUT2D eigenvalue weighted by Gasteiger charge is 2.16. The van der Waals surface area contributed by atoms with Crippen molar-refractivity contribution in [2.45, 2.75) is 52.6 Å². The van der Waals surface area contributed by atoms with Crippen molar-refractivity contribution in [1.82, 2.24) is 9.78 Å². The van der Waals surface area contributed by atoms with Crippen LogP contribution in [0.5, 0.6) is 0 Å². The van der Waals surface area contributed by atoms with Gasteiger partial charge in [-0.25, -0.2) is 0 Å². The molecule has 0 radical (unpaired) electrons. The first-order chi connectivity index (χ1) is 11.2. The largest absolute Gasteiger partial charge is 0.390 e. The molecular formula is C19H27N3O2. The van der Waals surface area contributed by atoms with E-state index >= 15 is 0 Å². The molecule has 0 saturated heterocycles. The minimum atomic E-state index is -0.677. The number of benzene rings is 1. The molecule has 2 aromatic rings. The molecule has 0 aliphatic heterocycles. The second-order valence-corrected chi connectivity index (χ2v) is 6.85. The summed E-state index contributed by atoms with van der Waals surface area (Å²) in [7, 11) is 1.83. The number of aliphatic hydroxyl groups is 1. The minimum Gasteiger partial charge on any atom is -0.390 e. The number of hydrogen-bond donors (Lipinski definition) is 2. The number of anilines is 1. The van der Waals surface area contributed by atoms with Crippen molar-refractivity contribution in [2.75, 3.05) is 5.32 Å². The molecule has 0 atom stereocenters. The maximum Gasteiger partial charge on any atom is 0.256 e.